The molecule has 0 aromatic heterocycles. The van der Waals surface area contributed by atoms with Crippen molar-refractivity contribution in [2.24, 2.45) is 5.73 Å². The first kappa shape index (κ1) is 14.1. The van der Waals surface area contributed by atoms with Crippen LogP contribution in [0.25, 0.3) is 0 Å². The fraction of sp³-hybridized carbons (Fsp3) is 0.857. The first-order chi connectivity index (χ1) is 5.16. The minimum atomic E-state index is -0.117. The molecule has 0 rings (SSSR count). The lowest BCUT2D eigenvalue weighted by molar-refractivity contribution is 0.238. The molecule has 5 heteroatoms. The number of carbonyl (C=O) groups excluding carboxylic acids is 1. The highest BCUT2D eigenvalue weighted by molar-refractivity contribution is 5.85. The van der Waals surface area contributed by atoms with Crippen LogP contribution in [0.4, 0.5) is 4.79 Å². The molecule has 0 unspecified atom stereocenters. The highest BCUT2D eigenvalue weighted by atomic mass is 35.5. The Labute approximate surface area is 79.7 Å². The van der Waals surface area contributed by atoms with E-state index in [1.54, 1.807) is 0 Å². The van der Waals surface area contributed by atoms with Crippen molar-refractivity contribution in [3.8, 4) is 0 Å². The van der Waals surface area contributed by atoms with Crippen LogP contribution < -0.4 is 16.4 Å². The van der Waals surface area contributed by atoms with Crippen molar-refractivity contribution in [2.45, 2.75) is 26.3 Å². The van der Waals surface area contributed by atoms with Crippen LogP contribution in [-0.2, 0) is 0 Å². The molecule has 0 atom stereocenters. The van der Waals surface area contributed by atoms with E-state index < -0.39 is 0 Å². The smallest absolute Gasteiger partial charge is 0.314 e. The summed E-state index contributed by atoms with van der Waals surface area (Å²) in [6.07, 6.45) is 0.825. The maximum Gasteiger partial charge on any atom is 0.314 e. The first-order valence-corrected chi connectivity index (χ1v) is 3.91. The van der Waals surface area contributed by atoms with Gasteiger partial charge in [-0.1, -0.05) is 0 Å². The van der Waals surface area contributed by atoms with E-state index in [4.69, 9.17) is 5.73 Å². The summed E-state index contributed by atoms with van der Waals surface area (Å²) in [5.41, 5.74) is 5.24. The van der Waals surface area contributed by atoms with E-state index >= 15 is 0 Å². The fourth-order valence-electron chi connectivity index (χ4n) is 0.617. The predicted octanol–water partition coefficient (Wildman–Crippen LogP) is 0.465. The third-order valence-electron chi connectivity index (χ3n) is 1.09. The van der Waals surface area contributed by atoms with Crippen molar-refractivity contribution in [2.75, 3.05) is 13.1 Å². The standard InChI is InChI=1S/C7H17N3O.ClH/c1-6(2)10-7(11)9-5-3-4-8;/h6H,3-5,8H2,1-2H3,(H2,9,10,11);1H. The molecule has 4 nitrogen and oxygen atoms in total. The first-order valence-electron chi connectivity index (χ1n) is 3.91. The summed E-state index contributed by atoms with van der Waals surface area (Å²) < 4.78 is 0. The second-order valence-electron chi connectivity index (χ2n) is 2.70. The lowest BCUT2D eigenvalue weighted by Gasteiger charge is -2.08. The number of nitrogens with one attached hydrogen (secondary N) is 2. The van der Waals surface area contributed by atoms with E-state index in [9.17, 15) is 4.79 Å². The molecule has 0 saturated heterocycles. The molecule has 0 bridgehead atoms. The van der Waals surface area contributed by atoms with Crippen molar-refractivity contribution in [3.63, 3.8) is 0 Å². The van der Waals surface area contributed by atoms with Crippen LogP contribution >= 0.6 is 12.4 Å². The quantitative estimate of drug-likeness (QED) is 0.571. The van der Waals surface area contributed by atoms with Gasteiger partial charge in [-0.05, 0) is 26.8 Å². The number of carbonyl (C=O) groups is 1. The number of hydrogen-bond donors (Lipinski definition) is 3. The molecule has 0 saturated carbocycles. The molecule has 0 fully saturated rings. The highest BCUT2D eigenvalue weighted by Gasteiger charge is 1.99. The largest absolute Gasteiger partial charge is 0.338 e. The molecule has 0 aliphatic carbocycles. The van der Waals surface area contributed by atoms with Crippen molar-refractivity contribution in [1.82, 2.24) is 10.6 Å². The van der Waals surface area contributed by atoms with Gasteiger partial charge in [0.2, 0.25) is 0 Å². The summed E-state index contributed by atoms with van der Waals surface area (Å²) in [7, 11) is 0. The fourth-order valence-corrected chi connectivity index (χ4v) is 0.617. The van der Waals surface area contributed by atoms with E-state index in [2.05, 4.69) is 10.6 Å². The second-order valence-corrected chi connectivity index (χ2v) is 2.70. The topological polar surface area (TPSA) is 67.2 Å². The zero-order chi connectivity index (χ0) is 8.69. The summed E-state index contributed by atoms with van der Waals surface area (Å²) in [6, 6.07) is 0.0707. The van der Waals surface area contributed by atoms with Gasteiger partial charge in [0.15, 0.2) is 0 Å². The lowest BCUT2D eigenvalue weighted by atomic mass is 10.4. The lowest BCUT2D eigenvalue weighted by Crippen LogP contribution is -2.40. The van der Waals surface area contributed by atoms with Gasteiger partial charge in [0.25, 0.3) is 0 Å². The molecule has 0 heterocycles. The Morgan fingerprint density at radius 3 is 2.50 bits per heavy atom. The molecule has 12 heavy (non-hydrogen) atoms. The van der Waals surface area contributed by atoms with Gasteiger partial charge in [0.05, 0.1) is 0 Å². The predicted molar refractivity (Wildman–Crippen MR) is 52.6 cm³/mol. The average molecular weight is 196 g/mol. The van der Waals surface area contributed by atoms with E-state index in [0.29, 0.717) is 13.1 Å². The Morgan fingerprint density at radius 1 is 1.50 bits per heavy atom. The number of halogens is 1. The van der Waals surface area contributed by atoms with Crippen LogP contribution in [0.2, 0.25) is 0 Å². The van der Waals surface area contributed by atoms with Crippen molar-refractivity contribution < 1.29 is 4.79 Å². The molecule has 0 aromatic carbocycles. The van der Waals surface area contributed by atoms with Gasteiger partial charge >= 0.3 is 6.03 Å². The van der Waals surface area contributed by atoms with Crippen molar-refractivity contribution in [1.29, 1.82) is 0 Å². The van der Waals surface area contributed by atoms with Crippen LogP contribution in [0.15, 0.2) is 0 Å². The van der Waals surface area contributed by atoms with Gasteiger partial charge in [0.1, 0.15) is 0 Å². The van der Waals surface area contributed by atoms with E-state index in [1.807, 2.05) is 13.8 Å². The molecule has 4 N–H and O–H groups in total. The van der Waals surface area contributed by atoms with Gasteiger partial charge in [-0.2, -0.15) is 0 Å². The third kappa shape index (κ3) is 9.52. The summed E-state index contributed by atoms with van der Waals surface area (Å²) in [4.78, 5) is 10.9. The minimum absolute atomic E-state index is 0. The van der Waals surface area contributed by atoms with Gasteiger partial charge in [-0.3, -0.25) is 0 Å². The van der Waals surface area contributed by atoms with Crippen LogP contribution in [0.3, 0.4) is 0 Å². The average Bonchev–Trinajstić information content (AvgIpc) is 1.86. The summed E-state index contributed by atoms with van der Waals surface area (Å²) in [6.45, 7) is 5.10. The summed E-state index contributed by atoms with van der Waals surface area (Å²) in [5, 5.41) is 5.40. The molecular weight excluding hydrogens is 178 g/mol. The number of nitrogens with two attached hydrogens (primary N) is 1. The molecule has 0 radical (unpaired) electrons. The normalized spacial score (nSPS) is 9.00. The Hall–Kier alpha value is -0.480. The van der Waals surface area contributed by atoms with Crippen molar-refractivity contribution >= 4 is 18.4 Å². The van der Waals surface area contributed by atoms with Gasteiger partial charge < -0.3 is 16.4 Å². The summed E-state index contributed by atoms with van der Waals surface area (Å²) >= 11 is 0. The number of amides is 2. The maximum atomic E-state index is 10.9. The van der Waals surface area contributed by atoms with E-state index in [0.717, 1.165) is 6.42 Å². The third-order valence-corrected chi connectivity index (χ3v) is 1.09. The zero-order valence-corrected chi connectivity index (χ0v) is 8.41. The van der Waals surface area contributed by atoms with Crippen molar-refractivity contribution in [3.05, 3.63) is 0 Å². The Morgan fingerprint density at radius 2 is 2.08 bits per heavy atom. The van der Waals surface area contributed by atoms with E-state index in [1.165, 1.54) is 0 Å². The van der Waals surface area contributed by atoms with Gasteiger partial charge in [-0.25, -0.2) is 4.79 Å². The van der Waals surface area contributed by atoms with Crippen LogP contribution in [0.5, 0.6) is 0 Å². The molecule has 0 aliphatic rings. The molecule has 74 valence electrons. The zero-order valence-electron chi connectivity index (χ0n) is 7.59. The maximum absolute atomic E-state index is 10.9. The SMILES string of the molecule is CC(C)NC(=O)NCCCN.Cl. The minimum Gasteiger partial charge on any atom is -0.338 e. The molecule has 2 amide bonds. The molecule has 0 aromatic rings. The van der Waals surface area contributed by atoms with Crippen LogP contribution in [0.1, 0.15) is 20.3 Å². The van der Waals surface area contributed by atoms with Gasteiger partial charge in [-0.15, -0.1) is 12.4 Å². The highest BCUT2D eigenvalue weighted by Crippen LogP contribution is 1.76. The number of urea groups is 1. The number of hydrogen-bond acceptors (Lipinski definition) is 2. The molecular formula is C7H18ClN3O. The van der Waals surface area contributed by atoms with Crippen LogP contribution in [0, 0.1) is 0 Å². The number of rotatable bonds is 4. The Bertz CT molecular complexity index is 119. The summed E-state index contributed by atoms with van der Waals surface area (Å²) in [5.74, 6) is 0. The van der Waals surface area contributed by atoms with E-state index in [-0.39, 0.29) is 24.5 Å². The Balaban J connectivity index is 0. The molecule has 0 aliphatic heterocycles. The van der Waals surface area contributed by atoms with Crippen LogP contribution in [-0.4, -0.2) is 25.2 Å². The molecule has 0 spiro atoms. The Kier molecular flexibility index (Phi) is 10.1. The second kappa shape index (κ2) is 8.62. The monoisotopic (exact) mass is 195 g/mol. The van der Waals surface area contributed by atoms with Gasteiger partial charge in [0, 0.05) is 12.6 Å².